The fourth-order valence-corrected chi connectivity index (χ4v) is 3.19. The van der Waals surface area contributed by atoms with Gasteiger partial charge in [-0.1, -0.05) is 38.1 Å². The number of nitrogens with one attached hydrogen (secondary N) is 1. The second kappa shape index (κ2) is 9.30. The van der Waals surface area contributed by atoms with Crippen molar-refractivity contribution in [3.05, 3.63) is 58.1 Å². The van der Waals surface area contributed by atoms with Crippen LogP contribution in [0.15, 0.2) is 41.3 Å². The van der Waals surface area contributed by atoms with Crippen LogP contribution in [0, 0.1) is 5.92 Å². The van der Waals surface area contributed by atoms with E-state index in [0.29, 0.717) is 5.92 Å². The molecule has 2 heterocycles. The van der Waals surface area contributed by atoms with E-state index < -0.39 is 18.2 Å². The number of amides is 1. The molecule has 3 atom stereocenters. The van der Waals surface area contributed by atoms with E-state index in [-0.39, 0.29) is 30.9 Å². The Bertz CT molecular complexity index is 894. The predicted molar refractivity (Wildman–Crippen MR) is 107 cm³/mol. The van der Waals surface area contributed by atoms with Gasteiger partial charge in [0.15, 0.2) is 12.5 Å². The van der Waals surface area contributed by atoms with Gasteiger partial charge in [0.25, 0.3) is 0 Å². The predicted octanol–water partition coefficient (Wildman–Crippen LogP) is 2.05. The van der Waals surface area contributed by atoms with Gasteiger partial charge < -0.3 is 19.9 Å². The molecule has 3 unspecified atom stereocenters. The molecule has 0 aliphatic carbocycles. The topological polar surface area (TPSA) is 103 Å². The van der Waals surface area contributed by atoms with Crippen LogP contribution >= 0.6 is 0 Å². The maximum atomic E-state index is 12.6. The van der Waals surface area contributed by atoms with Gasteiger partial charge in [0.05, 0.1) is 19.1 Å². The smallest absolute Gasteiger partial charge is 0.351 e. The summed E-state index contributed by atoms with van der Waals surface area (Å²) in [6.45, 7) is 6.00. The molecule has 1 saturated heterocycles. The van der Waals surface area contributed by atoms with Crippen LogP contribution in [0.2, 0.25) is 0 Å². The second-order valence-electron chi connectivity index (χ2n) is 7.59. The summed E-state index contributed by atoms with van der Waals surface area (Å²) >= 11 is 0. The van der Waals surface area contributed by atoms with E-state index in [2.05, 4.69) is 24.1 Å². The van der Waals surface area contributed by atoms with Gasteiger partial charge >= 0.3 is 5.69 Å². The van der Waals surface area contributed by atoms with Gasteiger partial charge in [-0.05, 0) is 36.5 Å². The van der Waals surface area contributed by atoms with Crippen LogP contribution in [0.4, 0.5) is 5.82 Å². The normalized spacial score (nSPS) is 20.0. The minimum absolute atomic E-state index is 0.141. The van der Waals surface area contributed by atoms with E-state index in [1.807, 2.05) is 31.2 Å². The van der Waals surface area contributed by atoms with Crippen LogP contribution in [0.1, 0.15) is 44.0 Å². The molecule has 1 amide bonds. The molecule has 1 aliphatic rings. The zero-order valence-electron chi connectivity index (χ0n) is 16.9. The molecule has 2 N–H and O–H groups in total. The number of hydrogen-bond acceptors (Lipinski definition) is 6. The quantitative estimate of drug-likeness (QED) is 0.736. The molecule has 8 heteroatoms. The molecule has 0 bridgehead atoms. The molecule has 2 aromatic rings. The van der Waals surface area contributed by atoms with Gasteiger partial charge in [0, 0.05) is 6.20 Å². The molecule has 8 nitrogen and oxygen atoms in total. The summed E-state index contributed by atoms with van der Waals surface area (Å²) in [6.07, 6.45) is 1.08. The second-order valence-corrected chi connectivity index (χ2v) is 7.59. The number of carbonyl (C=O) groups is 1. The molecule has 29 heavy (non-hydrogen) atoms. The summed E-state index contributed by atoms with van der Waals surface area (Å²) in [4.78, 5) is 28.8. The van der Waals surface area contributed by atoms with E-state index in [1.165, 1.54) is 22.4 Å². The largest absolute Gasteiger partial charge is 0.391 e. The van der Waals surface area contributed by atoms with Crippen molar-refractivity contribution in [2.45, 2.75) is 45.6 Å². The molecular weight excluding hydrogens is 374 g/mol. The van der Waals surface area contributed by atoms with Crippen LogP contribution in [-0.4, -0.2) is 40.1 Å². The zero-order valence-corrected chi connectivity index (χ0v) is 16.9. The fraction of sp³-hybridized carbons (Fsp3) is 0.476. The number of carbonyl (C=O) groups excluding carboxylic acids is 1. The Morgan fingerprint density at radius 1 is 1.28 bits per heavy atom. The SMILES string of the molecule is CC(C)Cc1ccc(C(C)C(=O)Nc2ccn(C3COC(CO)O3)c(=O)n2)cc1. The first-order valence-electron chi connectivity index (χ1n) is 9.74. The summed E-state index contributed by atoms with van der Waals surface area (Å²) in [7, 11) is 0. The summed E-state index contributed by atoms with van der Waals surface area (Å²) < 4.78 is 11.9. The highest BCUT2D eigenvalue weighted by Gasteiger charge is 2.27. The Balaban J connectivity index is 1.64. The van der Waals surface area contributed by atoms with E-state index >= 15 is 0 Å². The Hall–Kier alpha value is -2.55. The van der Waals surface area contributed by atoms with Crippen LogP contribution in [0.5, 0.6) is 0 Å². The van der Waals surface area contributed by atoms with Crippen molar-refractivity contribution in [3.8, 4) is 0 Å². The monoisotopic (exact) mass is 401 g/mol. The van der Waals surface area contributed by atoms with Gasteiger partial charge in [-0.25, -0.2) is 4.79 Å². The number of ether oxygens (including phenoxy) is 2. The summed E-state index contributed by atoms with van der Waals surface area (Å²) in [6, 6.07) is 9.54. The van der Waals surface area contributed by atoms with Crippen molar-refractivity contribution < 1.29 is 19.4 Å². The summed E-state index contributed by atoms with van der Waals surface area (Å²) in [5.41, 5.74) is 1.57. The summed E-state index contributed by atoms with van der Waals surface area (Å²) in [5.74, 6) is 0.124. The number of hydrogen-bond donors (Lipinski definition) is 2. The summed E-state index contributed by atoms with van der Waals surface area (Å²) in [5, 5.41) is 11.7. The number of aromatic nitrogens is 2. The maximum absolute atomic E-state index is 12.6. The molecule has 3 rings (SSSR count). The van der Waals surface area contributed by atoms with Crippen molar-refractivity contribution in [1.29, 1.82) is 0 Å². The zero-order chi connectivity index (χ0) is 21.0. The number of anilines is 1. The first-order chi connectivity index (χ1) is 13.9. The molecule has 0 spiro atoms. The molecule has 1 fully saturated rings. The molecule has 0 radical (unpaired) electrons. The number of aliphatic hydroxyl groups is 1. The molecule has 1 aromatic carbocycles. The van der Waals surface area contributed by atoms with Gasteiger partial charge in [-0.2, -0.15) is 4.98 Å². The minimum atomic E-state index is -0.751. The number of rotatable bonds is 7. The third kappa shape index (κ3) is 5.29. The van der Waals surface area contributed by atoms with Gasteiger partial charge in [0.1, 0.15) is 5.82 Å². The lowest BCUT2D eigenvalue weighted by Gasteiger charge is -2.15. The van der Waals surface area contributed by atoms with Gasteiger partial charge in [0.2, 0.25) is 5.91 Å². The highest BCUT2D eigenvalue weighted by Crippen LogP contribution is 2.21. The Morgan fingerprint density at radius 2 is 2.00 bits per heavy atom. The minimum Gasteiger partial charge on any atom is -0.391 e. The Labute approximate surface area is 169 Å². The third-order valence-corrected chi connectivity index (χ3v) is 4.79. The molecular formula is C21H27N3O5. The highest BCUT2D eigenvalue weighted by atomic mass is 16.7. The van der Waals surface area contributed by atoms with E-state index in [1.54, 1.807) is 0 Å². The fourth-order valence-electron chi connectivity index (χ4n) is 3.19. The lowest BCUT2D eigenvalue weighted by molar-refractivity contribution is -0.117. The van der Waals surface area contributed by atoms with E-state index in [0.717, 1.165) is 12.0 Å². The molecule has 156 valence electrons. The number of aliphatic hydroxyl groups excluding tert-OH is 1. The average Bonchev–Trinajstić information content (AvgIpc) is 3.16. The average molecular weight is 401 g/mol. The van der Waals surface area contributed by atoms with Crippen LogP contribution < -0.4 is 11.0 Å². The third-order valence-electron chi connectivity index (χ3n) is 4.79. The highest BCUT2D eigenvalue weighted by molar-refractivity contribution is 5.94. The van der Waals surface area contributed by atoms with Crippen molar-refractivity contribution >= 4 is 11.7 Å². The van der Waals surface area contributed by atoms with Crippen LogP contribution in [0.3, 0.4) is 0 Å². The van der Waals surface area contributed by atoms with Crippen molar-refractivity contribution in [2.24, 2.45) is 5.92 Å². The number of nitrogens with zero attached hydrogens (tertiary/aromatic N) is 2. The van der Waals surface area contributed by atoms with Gasteiger partial charge in [-0.15, -0.1) is 0 Å². The van der Waals surface area contributed by atoms with E-state index in [4.69, 9.17) is 14.6 Å². The van der Waals surface area contributed by atoms with Crippen LogP contribution in [-0.2, 0) is 20.7 Å². The van der Waals surface area contributed by atoms with Gasteiger partial charge in [-0.3, -0.25) is 9.36 Å². The van der Waals surface area contributed by atoms with E-state index in [9.17, 15) is 9.59 Å². The molecule has 1 aliphatic heterocycles. The van der Waals surface area contributed by atoms with Crippen molar-refractivity contribution in [1.82, 2.24) is 9.55 Å². The lowest BCUT2D eigenvalue weighted by Crippen LogP contribution is -2.30. The first-order valence-corrected chi connectivity index (χ1v) is 9.74. The lowest BCUT2D eigenvalue weighted by atomic mass is 9.96. The Morgan fingerprint density at radius 3 is 2.59 bits per heavy atom. The van der Waals surface area contributed by atoms with Crippen LogP contribution in [0.25, 0.3) is 0 Å². The maximum Gasteiger partial charge on any atom is 0.351 e. The molecule has 1 aromatic heterocycles. The number of benzene rings is 1. The van der Waals surface area contributed by atoms with Crippen molar-refractivity contribution in [2.75, 3.05) is 18.5 Å². The standard InChI is InChI=1S/C21H27N3O5/c1-13(2)10-15-4-6-16(7-5-15)14(3)20(26)22-17-8-9-24(21(27)23-17)18-12-28-19(11-25)29-18/h4-9,13-14,18-19,25H,10-12H2,1-3H3,(H,22,23,26,27). The molecule has 0 saturated carbocycles. The Kier molecular flexibility index (Phi) is 6.79. The van der Waals surface area contributed by atoms with Crippen molar-refractivity contribution in [3.63, 3.8) is 0 Å². The first kappa shape index (κ1) is 21.2.